The summed E-state index contributed by atoms with van der Waals surface area (Å²) in [5.74, 6) is 0.918. The van der Waals surface area contributed by atoms with Crippen molar-refractivity contribution < 1.29 is 4.74 Å². The van der Waals surface area contributed by atoms with Gasteiger partial charge in [-0.15, -0.1) is 0 Å². The number of hydrogen-bond acceptors (Lipinski definition) is 3. The lowest BCUT2D eigenvalue weighted by Crippen LogP contribution is -1.94. The first kappa shape index (κ1) is 11.2. The number of nitrogens with zero attached hydrogens (tertiary/aromatic N) is 2. The van der Waals surface area contributed by atoms with Gasteiger partial charge in [-0.2, -0.15) is 4.98 Å². The maximum atomic E-state index is 5.89. The highest BCUT2D eigenvalue weighted by Crippen LogP contribution is 2.23. The molecule has 0 N–H and O–H groups in total. The summed E-state index contributed by atoms with van der Waals surface area (Å²) in [6.07, 6.45) is 0. The van der Waals surface area contributed by atoms with Crippen LogP contribution in [-0.2, 0) is 0 Å². The smallest absolute Gasteiger partial charge is 0.218 e. The van der Waals surface area contributed by atoms with Gasteiger partial charge in [0.25, 0.3) is 0 Å². The quantitative estimate of drug-likeness (QED) is 0.771. The number of methoxy groups -OCH3 is 1. The lowest BCUT2D eigenvalue weighted by atomic mass is 10.2. The van der Waals surface area contributed by atoms with Gasteiger partial charge in [0, 0.05) is 16.7 Å². The SMILES string of the molecule is COc1cc(Cl)nc(-c2cccc(Cl)c2)n1. The first-order valence-corrected chi connectivity index (χ1v) is 5.29. The van der Waals surface area contributed by atoms with Gasteiger partial charge in [0.05, 0.1) is 7.11 Å². The molecular formula is C11H8Cl2N2O. The first-order valence-electron chi connectivity index (χ1n) is 4.53. The van der Waals surface area contributed by atoms with E-state index < -0.39 is 0 Å². The molecule has 0 unspecified atom stereocenters. The molecule has 0 aliphatic carbocycles. The second kappa shape index (κ2) is 4.68. The Balaban J connectivity index is 2.51. The molecule has 3 nitrogen and oxygen atoms in total. The van der Waals surface area contributed by atoms with Gasteiger partial charge in [-0.3, -0.25) is 0 Å². The standard InChI is InChI=1S/C11H8Cl2N2O/c1-16-10-6-9(13)14-11(15-10)7-3-2-4-8(12)5-7/h2-6H,1H3. The fourth-order valence-electron chi connectivity index (χ4n) is 1.26. The lowest BCUT2D eigenvalue weighted by molar-refractivity contribution is 0.397. The Morgan fingerprint density at radius 3 is 2.62 bits per heavy atom. The van der Waals surface area contributed by atoms with Gasteiger partial charge in [0.15, 0.2) is 5.82 Å². The summed E-state index contributed by atoms with van der Waals surface area (Å²) in [6, 6.07) is 8.79. The number of benzene rings is 1. The Labute approximate surface area is 103 Å². The van der Waals surface area contributed by atoms with Gasteiger partial charge in [0.1, 0.15) is 5.15 Å². The van der Waals surface area contributed by atoms with Crippen LogP contribution in [0.25, 0.3) is 11.4 Å². The molecule has 0 fully saturated rings. The van der Waals surface area contributed by atoms with E-state index >= 15 is 0 Å². The van der Waals surface area contributed by atoms with Gasteiger partial charge in [-0.05, 0) is 12.1 Å². The lowest BCUT2D eigenvalue weighted by Gasteiger charge is -2.04. The van der Waals surface area contributed by atoms with Crippen molar-refractivity contribution in [3.8, 4) is 17.3 Å². The highest BCUT2D eigenvalue weighted by Gasteiger charge is 2.06. The van der Waals surface area contributed by atoms with Crippen molar-refractivity contribution in [1.82, 2.24) is 9.97 Å². The minimum Gasteiger partial charge on any atom is -0.481 e. The molecule has 0 radical (unpaired) electrons. The molecule has 0 atom stereocenters. The molecule has 2 rings (SSSR count). The van der Waals surface area contributed by atoms with Crippen LogP contribution in [0.1, 0.15) is 0 Å². The predicted molar refractivity (Wildman–Crippen MR) is 64.0 cm³/mol. The van der Waals surface area contributed by atoms with E-state index in [1.807, 2.05) is 12.1 Å². The van der Waals surface area contributed by atoms with E-state index in [9.17, 15) is 0 Å². The molecule has 16 heavy (non-hydrogen) atoms. The average Bonchev–Trinajstić information content (AvgIpc) is 2.28. The Bertz CT molecular complexity index is 517. The van der Waals surface area contributed by atoms with Crippen LogP contribution in [0.5, 0.6) is 5.88 Å². The third-order valence-corrected chi connectivity index (χ3v) is 2.39. The Hall–Kier alpha value is -1.32. The Morgan fingerprint density at radius 1 is 1.12 bits per heavy atom. The molecule has 0 amide bonds. The fourth-order valence-corrected chi connectivity index (χ4v) is 1.62. The van der Waals surface area contributed by atoms with E-state index in [1.165, 1.54) is 7.11 Å². The van der Waals surface area contributed by atoms with Crippen molar-refractivity contribution >= 4 is 23.2 Å². The fraction of sp³-hybridized carbons (Fsp3) is 0.0909. The summed E-state index contributed by atoms with van der Waals surface area (Å²) in [5.41, 5.74) is 0.799. The van der Waals surface area contributed by atoms with Crippen LogP contribution in [0.2, 0.25) is 10.2 Å². The van der Waals surface area contributed by atoms with E-state index in [0.29, 0.717) is 21.9 Å². The summed E-state index contributed by atoms with van der Waals surface area (Å²) < 4.78 is 5.02. The summed E-state index contributed by atoms with van der Waals surface area (Å²) in [7, 11) is 1.53. The van der Waals surface area contributed by atoms with Crippen LogP contribution >= 0.6 is 23.2 Å². The number of ether oxygens (including phenoxy) is 1. The monoisotopic (exact) mass is 254 g/mol. The summed E-state index contributed by atoms with van der Waals surface area (Å²) in [4.78, 5) is 8.30. The highest BCUT2D eigenvalue weighted by atomic mass is 35.5. The number of rotatable bonds is 2. The molecule has 5 heteroatoms. The molecule has 0 saturated heterocycles. The first-order chi connectivity index (χ1) is 7.69. The largest absolute Gasteiger partial charge is 0.481 e. The number of aromatic nitrogens is 2. The second-order valence-electron chi connectivity index (χ2n) is 3.07. The van der Waals surface area contributed by atoms with Crippen molar-refractivity contribution in [3.63, 3.8) is 0 Å². The van der Waals surface area contributed by atoms with Gasteiger partial charge in [-0.1, -0.05) is 35.3 Å². The molecule has 1 aromatic carbocycles. The van der Waals surface area contributed by atoms with E-state index in [2.05, 4.69) is 9.97 Å². The number of halogens is 2. The topological polar surface area (TPSA) is 35.0 Å². The van der Waals surface area contributed by atoms with Crippen LogP contribution in [-0.4, -0.2) is 17.1 Å². The molecule has 82 valence electrons. The zero-order valence-electron chi connectivity index (χ0n) is 8.45. The minimum absolute atomic E-state index is 0.335. The van der Waals surface area contributed by atoms with Crippen LogP contribution in [0.4, 0.5) is 0 Å². The van der Waals surface area contributed by atoms with Crippen LogP contribution in [0.15, 0.2) is 30.3 Å². The zero-order chi connectivity index (χ0) is 11.5. The molecule has 2 aromatic rings. The van der Waals surface area contributed by atoms with Crippen molar-refractivity contribution in [2.45, 2.75) is 0 Å². The molecule has 0 aliphatic heterocycles. The van der Waals surface area contributed by atoms with Gasteiger partial charge in [-0.25, -0.2) is 4.98 Å². The normalized spacial score (nSPS) is 10.2. The zero-order valence-corrected chi connectivity index (χ0v) is 9.96. The van der Waals surface area contributed by atoms with Crippen LogP contribution in [0.3, 0.4) is 0 Å². The Morgan fingerprint density at radius 2 is 1.94 bits per heavy atom. The van der Waals surface area contributed by atoms with Crippen molar-refractivity contribution in [2.75, 3.05) is 7.11 Å². The van der Waals surface area contributed by atoms with Crippen molar-refractivity contribution in [1.29, 1.82) is 0 Å². The summed E-state index contributed by atoms with van der Waals surface area (Å²) in [5, 5.41) is 0.960. The maximum absolute atomic E-state index is 5.89. The maximum Gasteiger partial charge on any atom is 0.218 e. The summed E-state index contributed by atoms with van der Waals surface area (Å²) >= 11 is 11.7. The third-order valence-electron chi connectivity index (χ3n) is 1.96. The van der Waals surface area contributed by atoms with E-state index in [4.69, 9.17) is 27.9 Å². The predicted octanol–water partition coefficient (Wildman–Crippen LogP) is 3.46. The van der Waals surface area contributed by atoms with Gasteiger partial charge < -0.3 is 4.74 Å². The molecule has 0 bridgehead atoms. The minimum atomic E-state index is 0.335. The average molecular weight is 255 g/mol. The highest BCUT2D eigenvalue weighted by molar-refractivity contribution is 6.31. The van der Waals surface area contributed by atoms with Crippen molar-refractivity contribution in [3.05, 3.63) is 40.5 Å². The van der Waals surface area contributed by atoms with Crippen LogP contribution < -0.4 is 4.74 Å². The molecule has 1 heterocycles. The van der Waals surface area contributed by atoms with E-state index in [0.717, 1.165) is 5.56 Å². The number of hydrogen-bond donors (Lipinski definition) is 0. The molecule has 0 saturated carbocycles. The van der Waals surface area contributed by atoms with Crippen molar-refractivity contribution in [2.24, 2.45) is 0 Å². The second-order valence-corrected chi connectivity index (χ2v) is 3.89. The van der Waals surface area contributed by atoms with E-state index in [1.54, 1.807) is 18.2 Å². The molecule has 0 aliphatic rings. The van der Waals surface area contributed by atoms with Gasteiger partial charge >= 0.3 is 0 Å². The molecular weight excluding hydrogens is 247 g/mol. The third kappa shape index (κ3) is 2.43. The van der Waals surface area contributed by atoms with Gasteiger partial charge in [0.2, 0.25) is 5.88 Å². The summed E-state index contributed by atoms with van der Waals surface area (Å²) in [6.45, 7) is 0. The van der Waals surface area contributed by atoms with Crippen LogP contribution in [0, 0.1) is 0 Å². The van der Waals surface area contributed by atoms with E-state index in [-0.39, 0.29) is 0 Å². The molecule has 0 spiro atoms. The Kier molecular flexibility index (Phi) is 3.27. The molecule has 1 aromatic heterocycles.